The normalized spacial score (nSPS) is 10.9. The second kappa shape index (κ2) is 8.52. The summed E-state index contributed by atoms with van der Waals surface area (Å²) in [6.07, 6.45) is 0. The first kappa shape index (κ1) is 20.7. The molecule has 2 N–H and O–H groups in total. The molecule has 0 aliphatic rings. The van der Waals surface area contributed by atoms with E-state index in [0.29, 0.717) is 27.5 Å². The number of carbonyl (C=O) groups excluding carboxylic acids is 2. The summed E-state index contributed by atoms with van der Waals surface area (Å²) in [5.41, 5.74) is 3.04. The Morgan fingerprint density at radius 2 is 1.97 bits per heavy atom. The van der Waals surface area contributed by atoms with Crippen LogP contribution in [0.2, 0.25) is 0 Å². The highest BCUT2D eigenvalue weighted by molar-refractivity contribution is 7.99. The topological polar surface area (TPSA) is 106 Å². The Bertz CT molecular complexity index is 1150. The van der Waals surface area contributed by atoms with Gasteiger partial charge in [0.2, 0.25) is 5.91 Å². The van der Waals surface area contributed by atoms with Crippen LogP contribution in [0.4, 0.5) is 5.69 Å². The maximum Gasteiger partial charge on any atom is 0.340 e. The quantitative estimate of drug-likeness (QED) is 0.475. The summed E-state index contributed by atoms with van der Waals surface area (Å²) in [7, 11) is 0. The van der Waals surface area contributed by atoms with E-state index in [0.717, 1.165) is 11.3 Å². The van der Waals surface area contributed by atoms with Crippen LogP contribution >= 0.6 is 11.8 Å². The number of nitrogens with zero attached hydrogens (tertiary/aromatic N) is 2. The summed E-state index contributed by atoms with van der Waals surface area (Å²) < 4.78 is 6.72. The van der Waals surface area contributed by atoms with Crippen LogP contribution in [0.3, 0.4) is 0 Å². The number of aromatic amines is 1. The van der Waals surface area contributed by atoms with Crippen molar-refractivity contribution in [2.45, 2.75) is 32.9 Å². The third-order valence-corrected chi connectivity index (χ3v) is 5.48. The van der Waals surface area contributed by atoms with Crippen molar-refractivity contribution >= 4 is 34.8 Å². The van der Waals surface area contributed by atoms with Gasteiger partial charge in [-0.05, 0) is 44.9 Å². The molecule has 0 saturated heterocycles. The second-order valence-corrected chi connectivity index (χ2v) is 7.42. The molecule has 0 radical (unpaired) electrons. The van der Waals surface area contributed by atoms with Crippen molar-refractivity contribution in [3.05, 3.63) is 57.0 Å². The predicted molar refractivity (Wildman–Crippen MR) is 112 cm³/mol. The Hall–Kier alpha value is -3.07. The van der Waals surface area contributed by atoms with Crippen molar-refractivity contribution in [1.82, 2.24) is 14.6 Å². The highest BCUT2D eigenvalue weighted by Gasteiger charge is 2.24. The molecule has 1 amide bonds. The van der Waals surface area contributed by atoms with E-state index in [1.54, 1.807) is 25.2 Å². The molecule has 29 heavy (non-hydrogen) atoms. The Morgan fingerprint density at radius 1 is 1.24 bits per heavy atom. The van der Waals surface area contributed by atoms with E-state index in [-0.39, 0.29) is 18.3 Å². The molecule has 0 atom stereocenters. The summed E-state index contributed by atoms with van der Waals surface area (Å²) >= 11 is 1.17. The van der Waals surface area contributed by atoms with Crippen LogP contribution in [-0.2, 0) is 9.53 Å². The van der Waals surface area contributed by atoms with E-state index in [2.05, 4.69) is 15.5 Å². The summed E-state index contributed by atoms with van der Waals surface area (Å²) in [6.45, 7) is 7.30. The van der Waals surface area contributed by atoms with Gasteiger partial charge in [0.05, 0.1) is 17.9 Å². The van der Waals surface area contributed by atoms with Crippen LogP contribution in [0, 0.1) is 20.8 Å². The largest absolute Gasteiger partial charge is 0.462 e. The first-order valence-corrected chi connectivity index (χ1v) is 10.1. The van der Waals surface area contributed by atoms with E-state index in [1.165, 1.54) is 11.8 Å². The van der Waals surface area contributed by atoms with Crippen molar-refractivity contribution in [2.75, 3.05) is 17.7 Å². The number of fused-ring (bicyclic) bond motifs is 1. The van der Waals surface area contributed by atoms with Gasteiger partial charge in [0.1, 0.15) is 5.52 Å². The molecular formula is C20H22N4O4S. The van der Waals surface area contributed by atoms with E-state index < -0.39 is 11.5 Å². The minimum atomic E-state index is -0.487. The van der Waals surface area contributed by atoms with Gasteiger partial charge in [-0.2, -0.15) is 0 Å². The van der Waals surface area contributed by atoms with Crippen molar-refractivity contribution < 1.29 is 14.3 Å². The number of para-hydroxylation sites is 1. The molecular weight excluding hydrogens is 392 g/mol. The zero-order valence-electron chi connectivity index (χ0n) is 16.7. The lowest BCUT2D eigenvalue weighted by Gasteiger charge is -2.09. The average Bonchev–Trinajstić information content (AvgIpc) is 2.95. The van der Waals surface area contributed by atoms with Crippen molar-refractivity contribution in [2.24, 2.45) is 0 Å². The number of carbonyl (C=O) groups is 2. The van der Waals surface area contributed by atoms with Gasteiger partial charge in [0.25, 0.3) is 5.56 Å². The maximum absolute atomic E-state index is 12.4. The first-order valence-electron chi connectivity index (χ1n) is 9.10. The molecule has 0 aliphatic carbocycles. The molecule has 0 spiro atoms. The lowest BCUT2D eigenvalue weighted by Crippen LogP contribution is -2.18. The molecule has 1 aromatic carbocycles. The lowest BCUT2D eigenvalue weighted by molar-refractivity contribution is -0.113. The summed E-state index contributed by atoms with van der Waals surface area (Å²) in [4.78, 5) is 37.1. The molecule has 0 bridgehead atoms. The van der Waals surface area contributed by atoms with Gasteiger partial charge < -0.3 is 10.1 Å². The Kier molecular flexibility index (Phi) is 6.07. The Morgan fingerprint density at radius 3 is 2.66 bits per heavy atom. The highest BCUT2D eigenvalue weighted by atomic mass is 32.2. The second-order valence-electron chi connectivity index (χ2n) is 6.48. The molecule has 152 valence electrons. The molecule has 9 heteroatoms. The van der Waals surface area contributed by atoms with Gasteiger partial charge in [-0.3, -0.25) is 14.0 Å². The molecule has 2 aromatic heterocycles. The van der Waals surface area contributed by atoms with Crippen LogP contribution < -0.4 is 10.9 Å². The number of rotatable bonds is 6. The van der Waals surface area contributed by atoms with Gasteiger partial charge in [-0.15, -0.1) is 5.10 Å². The number of benzene rings is 1. The van der Waals surface area contributed by atoms with E-state index >= 15 is 0 Å². The van der Waals surface area contributed by atoms with Crippen LogP contribution in [-0.4, -0.2) is 38.8 Å². The third-order valence-electron chi connectivity index (χ3n) is 4.54. The number of esters is 1. The Balaban J connectivity index is 1.90. The smallest absolute Gasteiger partial charge is 0.340 e. The number of amides is 1. The lowest BCUT2D eigenvalue weighted by atomic mass is 10.1. The number of H-pyrrole nitrogens is 1. The number of thioether (sulfide) groups is 1. The number of aryl methyl sites for hydroxylation is 3. The van der Waals surface area contributed by atoms with E-state index in [9.17, 15) is 14.4 Å². The van der Waals surface area contributed by atoms with Crippen LogP contribution in [0.15, 0.2) is 34.2 Å². The Labute approximate surface area is 171 Å². The average molecular weight is 414 g/mol. The molecule has 3 aromatic rings. The van der Waals surface area contributed by atoms with E-state index in [4.69, 9.17) is 4.74 Å². The molecule has 0 fully saturated rings. The molecule has 0 aliphatic heterocycles. The minimum absolute atomic E-state index is 0.0912. The molecule has 3 rings (SSSR count). The summed E-state index contributed by atoms with van der Waals surface area (Å²) in [5.74, 6) is -0.593. The van der Waals surface area contributed by atoms with Crippen molar-refractivity contribution in [3.8, 4) is 0 Å². The van der Waals surface area contributed by atoms with E-state index in [1.807, 2.05) is 31.2 Å². The SMILES string of the molecule is CCOC(=O)c1c(C)c2c(=O)[nH]nc(SCC(=O)Nc3ccccc3C)n2c1C. The van der Waals surface area contributed by atoms with Gasteiger partial charge in [0.15, 0.2) is 5.16 Å². The monoisotopic (exact) mass is 414 g/mol. The number of ether oxygens (including phenoxy) is 1. The summed E-state index contributed by atoms with van der Waals surface area (Å²) in [5, 5.41) is 9.80. The van der Waals surface area contributed by atoms with Gasteiger partial charge in [-0.1, -0.05) is 30.0 Å². The zero-order chi connectivity index (χ0) is 21.1. The molecule has 2 heterocycles. The number of aromatic nitrogens is 3. The number of anilines is 1. The summed E-state index contributed by atoms with van der Waals surface area (Å²) in [6, 6.07) is 7.50. The fourth-order valence-electron chi connectivity index (χ4n) is 3.18. The van der Waals surface area contributed by atoms with Crippen LogP contribution in [0.25, 0.3) is 5.52 Å². The van der Waals surface area contributed by atoms with Gasteiger partial charge in [-0.25, -0.2) is 9.89 Å². The van der Waals surface area contributed by atoms with Crippen LogP contribution in [0.1, 0.15) is 34.1 Å². The zero-order valence-corrected chi connectivity index (χ0v) is 17.5. The molecule has 8 nitrogen and oxygen atoms in total. The van der Waals surface area contributed by atoms with Crippen molar-refractivity contribution in [3.63, 3.8) is 0 Å². The number of hydrogen-bond acceptors (Lipinski definition) is 6. The fraction of sp³-hybridized carbons (Fsp3) is 0.300. The minimum Gasteiger partial charge on any atom is -0.462 e. The van der Waals surface area contributed by atoms with Gasteiger partial charge >= 0.3 is 5.97 Å². The maximum atomic E-state index is 12.4. The third kappa shape index (κ3) is 4.04. The predicted octanol–water partition coefficient (Wildman–Crippen LogP) is 2.86. The van der Waals surface area contributed by atoms with Gasteiger partial charge in [0, 0.05) is 11.4 Å². The number of nitrogens with one attached hydrogen (secondary N) is 2. The highest BCUT2D eigenvalue weighted by Crippen LogP contribution is 2.26. The first-order chi connectivity index (χ1) is 13.8. The molecule has 0 saturated carbocycles. The van der Waals surface area contributed by atoms with Crippen molar-refractivity contribution in [1.29, 1.82) is 0 Å². The molecule has 0 unspecified atom stereocenters. The number of hydrogen-bond donors (Lipinski definition) is 2. The van der Waals surface area contributed by atoms with Crippen LogP contribution in [0.5, 0.6) is 0 Å². The standard InChI is InChI=1S/C20H22N4O4S/c1-5-28-19(27)16-12(3)17-18(26)22-23-20(24(17)13(16)4)29-10-15(25)21-14-9-7-6-8-11(14)2/h6-9H,5,10H2,1-4H3,(H,21,25)(H,22,26). The fourth-order valence-corrected chi connectivity index (χ4v) is 3.98.